The molecule has 0 aromatic carbocycles. The van der Waals surface area contributed by atoms with Gasteiger partial charge in [0.05, 0.1) is 6.42 Å². The van der Waals surface area contributed by atoms with E-state index in [4.69, 9.17) is 9.16 Å². The monoisotopic (exact) mass is 438 g/mol. The molecule has 1 saturated heterocycles. The minimum Gasteiger partial charge on any atom is -0.461 e. The third kappa shape index (κ3) is 3.27. The van der Waals surface area contributed by atoms with Gasteiger partial charge in [0, 0.05) is 15.9 Å². The highest BCUT2D eigenvalue weighted by molar-refractivity contribution is 14.1. The number of hydrogen-bond acceptors (Lipinski definition) is 3. The van der Waals surface area contributed by atoms with Gasteiger partial charge in [0.2, 0.25) is 0 Å². The summed E-state index contributed by atoms with van der Waals surface area (Å²) in [5.74, 6) is 0.951. The van der Waals surface area contributed by atoms with E-state index in [1.165, 1.54) is 0 Å². The second-order valence-corrected chi connectivity index (χ2v) is 15.4. The Morgan fingerprint density at radius 3 is 2.55 bits per heavy atom. The van der Waals surface area contributed by atoms with E-state index in [-0.39, 0.29) is 22.5 Å². The van der Waals surface area contributed by atoms with Crippen molar-refractivity contribution in [1.29, 1.82) is 0 Å². The van der Waals surface area contributed by atoms with Crippen molar-refractivity contribution in [2.45, 2.75) is 75.6 Å². The molecule has 0 unspecified atom stereocenters. The van der Waals surface area contributed by atoms with E-state index < -0.39 is 8.32 Å². The summed E-state index contributed by atoms with van der Waals surface area (Å²) in [6.07, 6.45) is 1.72. The summed E-state index contributed by atoms with van der Waals surface area (Å²) >= 11 is 2.47. The second-order valence-electron chi connectivity index (χ2n) is 9.00. The first-order valence-electron chi connectivity index (χ1n) is 8.36. The van der Waals surface area contributed by atoms with Crippen molar-refractivity contribution in [3.63, 3.8) is 0 Å². The highest BCUT2D eigenvalue weighted by Gasteiger charge is 2.58. The number of carbonyl (C=O) groups is 1. The lowest BCUT2D eigenvalue weighted by atomic mass is 9.61. The Morgan fingerprint density at radius 2 is 2.00 bits per heavy atom. The molecule has 0 aromatic rings. The molecule has 0 radical (unpaired) electrons. The molecular formula is C17H31IO3Si. The Balaban J connectivity index is 2.17. The Labute approximate surface area is 150 Å². The van der Waals surface area contributed by atoms with Crippen LogP contribution in [0.1, 0.15) is 47.5 Å². The SMILES string of the molecule is C[C@@H]1C[C@@H](I)[C@@H]2OC(=O)C[C@]2(C)[C@H]1CO[Si](C)(C)C(C)(C)C. The number of carbonyl (C=O) groups excluding carboxylic acids is 1. The van der Waals surface area contributed by atoms with E-state index in [1.807, 2.05) is 0 Å². The summed E-state index contributed by atoms with van der Waals surface area (Å²) in [4.78, 5) is 11.9. The molecule has 2 fully saturated rings. The van der Waals surface area contributed by atoms with Crippen LogP contribution < -0.4 is 0 Å². The fourth-order valence-corrected chi connectivity index (χ4v) is 6.52. The zero-order valence-corrected chi connectivity index (χ0v) is 18.2. The van der Waals surface area contributed by atoms with Crippen LogP contribution in [0.2, 0.25) is 18.1 Å². The van der Waals surface area contributed by atoms with Crippen LogP contribution in [0.4, 0.5) is 0 Å². The molecule has 1 heterocycles. The van der Waals surface area contributed by atoms with Crippen LogP contribution in [0.3, 0.4) is 0 Å². The molecule has 0 N–H and O–H groups in total. The molecule has 0 amide bonds. The topological polar surface area (TPSA) is 35.5 Å². The predicted molar refractivity (Wildman–Crippen MR) is 101 cm³/mol. The molecule has 22 heavy (non-hydrogen) atoms. The fourth-order valence-electron chi connectivity index (χ4n) is 3.72. The molecule has 128 valence electrons. The van der Waals surface area contributed by atoms with Gasteiger partial charge in [0.25, 0.3) is 0 Å². The number of ether oxygens (including phenoxy) is 1. The lowest BCUT2D eigenvalue weighted by Gasteiger charge is -2.48. The smallest absolute Gasteiger partial charge is 0.306 e. The van der Waals surface area contributed by atoms with Crippen molar-refractivity contribution >= 4 is 36.9 Å². The summed E-state index contributed by atoms with van der Waals surface area (Å²) in [6.45, 7) is 16.8. The molecule has 1 aliphatic carbocycles. The van der Waals surface area contributed by atoms with Crippen LogP contribution in [0.25, 0.3) is 0 Å². The van der Waals surface area contributed by atoms with Crippen molar-refractivity contribution in [2.75, 3.05) is 6.61 Å². The molecule has 3 nitrogen and oxygen atoms in total. The molecule has 1 aliphatic heterocycles. The molecule has 2 aliphatic rings. The molecule has 0 spiro atoms. The number of fused-ring (bicyclic) bond motifs is 1. The summed E-state index contributed by atoms with van der Waals surface area (Å²) in [5.41, 5.74) is -0.0665. The average Bonchev–Trinajstić information content (AvgIpc) is 2.63. The van der Waals surface area contributed by atoms with Gasteiger partial charge >= 0.3 is 5.97 Å². The zero-order valence-electron chi connectivity index (χ0n) is 15.0. The minimum atomic E-state index is -1.76. The lowest BCUT2D eigenvalue weighted by Crippen LogP contribution is -2.52. The van der Waals surface area contributed by atoms with Gasteiger partial charge in [-0.3, -0.25) is 4.79 Å². The van der Waals surface area contributed by atoms with Crippen molar-refractivity contribution in [1.82, 2.24) is 0 Å². The van der Waals surface area contributed by atoms with Crippen molar-refractivity contribution < 1.29 is 14.0 Å². The van der Waals surface area contributed by atoms with Gasteiger partial charge in [-0.1, -0.05) is 57.2 Å². The maximum Gasteiger partial charge on any atom is 0.306 e. The van der Waals surface area contributed by atoms with Gasteiger partial charge < -0.3 is 9.16 Å². The Morgan fingerprint density at radius 1 is 1.41 bits per heavy atom. The molecule has 1 saturated carbocycles. The van der Waals surface area contributed by atoms with E-state index in [2.05, 4.69) is 70.3 Å². The second kappa shape index (κ2) is 6.03. The molecule has 2 rings (SSSR count). The summed E-state index contributed by atoms with van der Waals surface area (Å²) in [7, 11) is -1.76. The van der Waals surface area contributed by atoms with Gasteiger partial charge in [-0.15, -0.1) is 0 Å². The number of rotatable bonds is 3. The minimum absolute atomic E-state index is 0.0272. The normalized spacial score (nSPS) is 39.5. The highest BCUT2D eigenvalue weighted by atomic mass is 127. The number of halogens is 1. The standard InChI is InChI=1S/C17H31IO3Si/c1-11-8-13(18)15-17(5,9-14(19)21-15)12(11)10-20-22(6,7)16(2,3)4/h11-13,15H,8-10H2,1-7H3/t11-,12+,13-,15+,17-/m1/s1. The quantitative estimate of drug-likeness (QED) is 0.275. The predicted octanol–water partition coefficient (Wildman–Crippen LogP) is 4.79. The number of hydrogen-bond donors (Lipinski definition) is 0. The Kier molecular flexibility index (Phi) is 5.13. The highest BCUT2D eigenvalue weighted by Crippen LogP contribution is 2.54. The maximum absolute atomic E-state index is 11.9. The van der Waals surface area contributed by atoms with Crippen LogP contribution in [-0.2, 0) is 14.0 Å². The van der Waals surface area contributed by atoms with E-state index in [9.17, 15) is 4.79 Å². The molecule has 5 atom stereocenters. The Bertz CT molecular complexity index is 446. The van der Waals surface area contributed by atoms with Gasteiger partial charge in [-0.05, 0) is 36.4 Å². The van der Waals surface area contributed by atoms with Crippen molar-refractivity contribution in [2.24, 2.45) is 17.3 Å². The third-order valence-electron chi connectivity index (χ3n) is 6.32. The van der Waals surface area contributed by atoms with Gasteiger partial charge in [-0.25, -0.2) is 0 Å². The zero-order chi connectivity index (χ0) is 16.9. The van der Waals surface area contributed by atoms with E-state index in [0.29, 0.717) is 22.2 Å². The van der Waals surface area contributed by atoms with Gasteiger partial charge in [0.1, 0.15) is 6.10 Å². The first-order valence-corrected chi connectivity index (χ1v) is 12.5. The summed E-state index contributed by atoms with van der Waals surface area (Å²) in [5, 5.41) is 0.221. The largest absolute Gasteiger partial charge is 0.461 e. The van der Waals surface area contributed by atoms with Crippen LogP contribution in [0.15, 0.2) is 0 Å². The Hall–Kier alpha value is 0.377. The number of alkyl halides is 1. The van der Waals surface area contributed by atoms with Crippen LogP contribution in [0.5, 0.6) is 0 Å². The van der Waals surface area contributed by atoms with Crippen molar-refractivity contribution in [3.8, 4) is 0 Å². The molecular weight excluding hydrogens is 407 g/mol. The lowest BCUT2D eigenvalue weighted by molar-refractivity contribution is -0.142. The van der Waals surface area contributed by atoms with E-state index in [0.717, 1.165) is 13.0 Å². The van der Waals surface area contributed by atoms with Gasteiger partial charge in [-0.2, -0.15) is 0 Å². The van der Waals surface area contributed by atoms with Gasteiger partial charge in [0.15, 0.2) is 8.32 Å². The maximum atomic E-state index is 11.9. The van der Waals surface area contributed by atoms with Crippen LogP contribution >= 0.6 is 22.6 Å². The first-order chi connectivity index (χ1) is 9.88. The van der Waals surface area contributed by atoms with E-state index >= 15 is 0 Å². The van der Waals surface area contributed by atoms with Crippen LogP contribution in [-0.4, -0.2) is 30.9 Å². The average molecular weight is 438 g/mol. The third-order valence-corrected chi connectivity index (χ3v) is 12.0. The molecule has 0 bridgehead atoms. The first kappa shape index (κ1) is 18.7. The summed E-state index contributed by atoms with van der Waals surface area (Å²) < 4.78 is 12.6. The van der Waals surface area contributed by atoms with E-state index in [1.54, 1.807) is 0 Å². The number of esters is 1. The molecule has 0 aromatic heterocycles. The molecule has 5 heteroatoms. The van der Waals surface area contributed by atoms with Crippen LogP contribution in [0, 0.1) is 17.3 Å². The van der Waals surface area contributed by atoms with Crippen molar-refractivity contribution in [3.05, 3.63) is 0 Å². The fraction of sp³-hybridized carbons (Fsp3) is 0.941. The summed E-state index contributed by atoms with van der Waals surface area (Å²) in [6, 6.07) is 0.